The molecule has 0 saturated carbocycles. The monoisotopic (exact) mass is 399 g/mol. The number of rotatable bonds is 10. The number of aliphatic imine (C=N–C) groups is 1. The molecule has 7 heteroatoms. The van der Waals surface area contributed by atoms with Crippen LogP contribution >= 0.6 is 0 Å². The van der Waals surface area contributed by atoms with Crippen LogP contribution in [0.2, 0.25) is 0 Å². The van der Waals surface area contributed by atoms with Crippen LogP contribution in [0, 0.1) is 5.92 Å². The average molecular weight is 400 g/mol. The first-order valence-corrected chi connectivity index (χ1v) is 10.5. The van der Waals surface area contributed by atoms with E-state index < -0.39 is 0 Å². The zero-order valence-corrected chi connectivity index (χ0v) is 17.6. The molecule has 0 spiro atoms. The van der Waals surface area contributed by atoms with Gasteiger partial charge in [0.05, 0.1) is 25.1 Å². The molecule has 1 unspecified atom stereocenters. The second kappa shape index (κ2) is 11.6. The van der Waals surface area contributed by atoms with Gasteiger partial charge in [0, 0.05) is 57.6 Å². The Morgan fingerprint density at radius 3 is 3.00 bits per heavy atom. The van der Waals surface area contributed by atoms with Gasteiger partial charge in [0.25, 0.3) is 0 Å². The van der Waals surface area contributed by atoms with Crippen molar-refractivity contribution in [3.05, 3.63) is 48.3 Å². The maximum Gasteiger partial charge on any atom is 0.193 e. The van der Waals surface area contributed by atoms with Gasteiger partial charge >= 0.3 is 0 Å². The highest BCUT2D eigenvalue weighted by Crippen LogP contribution is 2.12. The highest BCUT2D eigenvalue weighted by Gasteiger charge is 2.15. The minimum atomic E-state index is 0.568. The lowest BCUT2D eigenvalue weighted by Gasteiger charge is -2.21. The van der Waals surface area contributed by atoms with E-state index in [0.717, 1.165) is 76.1 Å². The van der Waals surface area contributed by atoms with Crippen molar-refractivity contribution in [2.75, 3.05) is 46.6 Å². The summed E-state index contributed by atoms with van der Waals surface area (Å²) in [5.41, 5.74) is 2.20. The van der Waals surface area contributed by atoms with Crippen LogP contribution in [0.3, 0.4) is 0 Å². The summed E-state index contributed by atoms with van der Waals surface area (Å²) in [6.45, 7) is 7.68. The zero-order valence-electron chi connectivity index (χ0n) is 17.6. The summed E-state index contributed by atoms with van der Waals surface area (Å²) in [5, 5.41) is 7.85. The molecule has 1 aliphatic heterocycles. The highest BCUT2D eigenvalue weighted by atomic mass is 16.5. The molecule has 0 aliphatic carbocycles. The molecule has 0 amide bonds. The van der Waals surface area contributed by atoms with Gasteiger partial charge in [-0.2, -0.15) is 5.10 Å². The molecule has 29 heavy (non-hydrogen) atoms. The van der Waals surface area contributed by atoms with Crippen LogP contribution in [-0.4, -0.2) is 67.2 Å². The molecule has 2 aromatic rings. The van der Waals surface area contributed by atoms with Crippen molar-refractivity contribution in [3.8, 4) is 5.69 Å². The van der Waals surface area contributed by atoms with Crippen LogP contribution in [0.15, 0.2) is 47.7 Å². The van der Waals surface area contributed by atoms with Gasteiger partial charge in [-0.05, 0) is 31.9 Å². The summed E-state index contributed by atoms with van der Waals surface area (Å²) in [6, 6.07) is 10.1. The Balaban J connectivity index is 1.45. The molecule has 0 radical (unpaired) electrons. The van der Waals surface area contributed by atoms with E-state index in [1.54, 1.807) is 0 Å². The van der Waals surface area contributed by atoms with Gasteiger partial charge in [0.1, 0.15) is 0 Å². The Morgan fingerprint density at radius 2 is 2.24 bits per heavy atom. The predicted molar refractivity (Wildman–Crippen MR) is 115 cm³/mol. The number of benzene rings is 1. The quantitative estimate of drug-likeness (QED) is 0.378. The van der Waals surface area contributed by atoms with Gasteiger partial charge < -0.3 is 19.7 Å². The molecule has 0 bridgehead atoms. The van der Waals surface area contributed by atoms with Gasteiger partial charge in [0.2, 0.25) is 0 Å². The van der Waals surface area contributed by atoms with E-state index >= 15 is 0 Å². The fraction of sp³-hybridized carbons (Fsp3) is 0.545. The number of hydrogen-bond donors (Lipinski definition) is 1. The van der Waals surface area contributed by atoms with E-state index in [1.165, 1.54) is 0 Å². The van der Waals surface area contributed by atoms with Gasteiger partial charge in [-0.25, -0.2) is 4.68 Å². The second-order valence-electron chi connectivity index (χ2n) is 7.38. The third kappa shape index (κ3) is 6.87. The van der Waals surface area contributed by atoms with Gasteiger partial charge in [-0.1, -0.05) is 18.2 Å². The van der Waals surface area contributed by atoms with Crippen molar-refractivity contribution in [1.82, 2.24) is 20.0 Å². The standard InChI is InChI=1S/C22H33N5O2/c1-3-23-22(24-11-7-12-28-17-19-10-13-29-18-19)26(2)15-20-14-25-27(16-20)21-8-5-4-6-9-21/h4-6,8-9,14,16,19H,3,7,10-13,15,17-18H2,1-2H3,(H,23,24). The fourth-order valence-electron chi connectivity index (χ4n) is 3.30. The van der Waals surface area contributed by atoms with E-state index in [2.05, 4.69) is 35.5 Å². The lowest BCUT2D eigenvalue weighted by molar-refractivity contribution is 0.0893. The summed E-state index contributed by atoms with van der Waals surface area (Å²) in [7, 11) is 2.05. The minimum absolute atomic E-state index is 0.568. The first kappa shape index (κ1) is 21.3. The van der Waals surface area contributed by atoms with Crippen molar-refractivity contribution >= 4 is 5.96 Å². The van der Waals surface area contributed by atoms with Crippen molar-refractivity contribution < 1.29 is 9.47 Å². The van der Waals surface area contributed by atoms with E-state index in [9.17, 15) is 0 Å². The molecule has 2 heterocycles. The largest absolute Gasteiger partial charge is 0.381 e. The second-order valence-corrected chi connectivity index (χ2v) is 7.38. The third-order valence-corrected chi connectivity index (χ3v) is 4.86. The van der Waals surface area contributed by atoms with E-state index in [0.29, 0.717) is 5.92 Å². The fourth-order valence-corrected chi connectivity index (χ4v) is 3.30. The summed E-state index contributed by atoms with van der Waals surface area (Å²) in [5.74, 6) is 1.47. The Labute approximate surface area is 173 Å². The van der Waals surface area contributed by atoms with Crippen LogP contribution in [0.5, 0.6) is 0 Å². The summed E-state index contributed by atoms with van der Waals surface area (Å²) in [6.07, 6.45) is 6.01. The molecule has 158 valence electrons. The lowest BCUT2D eigenvalue weighted by Crippen LogP contribution is -2.38. The number of para-hydroxylation sites is 1. The zero-order chi connectivity index (χ0) is 20.3. The van der Waals surface area contributed by atoms with Gasteiger partial charge in [0.15, 0.2) is 5.96 Å². The molecule has 7 nitrogen and oxygen atoms in total. The van der Waals surface area contributed by atoms with Gasteiger partial charge in [-0.15, -0.1) is 0 Å². The van der Waals surface area contributed by atoms with Crippen LogP contribution in [-0.2, 0) is 16.0 Å². The molecule has 1 N–H and O–H groups in total. The first-order valence-electron chi connectivity index (χ1n) is 10.5. The smallest absolute Gasteiger partial charge is 0.193 e. The summed E-state index contributed by atoms with van der Waals surface area (Å²) in [4.78, 5) is 6.87. The van der Waals surface area contributed by atoms with Crippen LogP contribution < -0.4 is 5.32 Å². The number of aromatic nitrogens is 2. The summed E-state index contributed by atoms with van der Waals surface area (Å²) >= 11 is 0. The molecule has 1 atom stereocenters. The maximum atomic E-state index is 5.77. The minimum Gasteiger partial charge on any atom is -0.381 e. The van der Waals surface area contributed by atoms with Crippen LogP contribution in [0.4, 0.5) is 0 Å². The van der Waals surface area contributed by atoms with Crippen molar-refractivity contribution in [1.29, 1.82) is 0 Å². The molecule has 1 fully saturated rings. The molecular formula is C22H33N5O2. The number of nitrogens with one attached hydrogen (secondary N) is 1. The van der Waals surface area contributed by atoms with Crippen molar-refractivity contribution in [3.63, 3.8) is 0 Å². The maximum absolute atomic E-state index is 5.77. The topological polar surface area (TPSA) is 63.9 Å². The Morgan fingerprint density at radius 1 is 1.38 bits per heavy atom. The number of hydrogen-bond acceptors (Lipinski definition) is 4. The third-order valence-electron chi connectivity index (χ3n) is 4.86. The Hall–Kier alpha value is -2.38. The molecule has 1 aromatic carbocycles. The van der Waals surface area contributed by atoms with Gasteiger partial charge in [-0.3, -0.25) is 4.99 Å². The predicted octanol–water partition coefficient (Wildman–Crippen LogP) is 2.71. The van der Waals surface area contributed by atoms with E-state index in [4.69, 9.17) is 14.5 Å². The number of guanidine groups is 1. The number of ether oxygens (including phenoxy) is 2. The normalized spacial score (nSPS) is 16.9. The number of nitrogens with zero attached hydrogens (tertiary/aromatic N) is 4. The Kier molecular flexibility index (Phi) is 8.52. The lowest BCUT2D eigenvalue weighted by atomic mass is 10.1. The molecule has 1 saturated heterocycles. The SMILES string of the molecule is CCNC(=NCCCOCC1CCOC1)N(C)Cc1cnn(-c2ccccc2)c1. The van der Waals surface area contributed by atoms with E-state index in [-0.39, 0.29) is 0 Å². The molecule has 1 aromatic heterocycles. The van der Waals surface area contributed by atoms with Crippen LogP contribution in [0.25, 0.3) is 5.69 Å². The summed E-state index contributed by atoms with van der Waals surface area (Å²) < 4.78 is 13.0. The van der Waals surface area contributed by atoms with Crippen LogP contribution in [0.1, 0.15) is 25.3 Å². The van der Waals surface area contributed by atoms with E-state index in [1.807, 2.05) is 41.2 Å². The molecular weight excluding hydrogens is 366 g/mol. The first-order chi connectivity index (χ1) is 14.3. The van der Waals surface area contributed by atoms with Crippen molar-refractivity contribution in [2.24, 2.45) is 10.9 Å². The average Bonchev–Trinajstić information content (AvgIpc) is 3.42. The van der Waals surface area contributed by atoms with Crippen molar-refractivity contribution in [2.45, 2.75) is 26.3 Å². The molecule has 1 aliphatic rings. The highest BCUT2D eigenvalue weighted by molar-refractivity contribution is 5.79. The molecule has 3 rings (SSSR count). The Bertz CT molecular complexity index is 741.